The van der Waals surface area contributed by atoms with Gasteiger partial charge in [-0.05, 0) is 12.1 Å². The molecule has 0 amide bonds. The van der Waals surface area contributed by atoms with Crippen LogP contribution in [0.4, 0.5) is 11.6 Å². The van der Waals surface area contributed by atoms with E-state index in [1.54, 1.807) is 6.07 Å². The Labute approximate surface area is 66.1 Å². The summed E-state index contributed by atoms with van der Waals surface area (Å²) in [5, 5.41) is 2.88. The van der Waals surface area contributed by atoms with Gasteiger partial charge in [0.25, 0.3) is 0 Å². The average Bonchev–Trinajstić information content (AvgIpc) is 1.88. The Bertz CT molecular complexity index is 202. The highest BCUT2D eigenvalue weighted by Gasteiger charge is 1.86. The van der Waals surface area contributed by atoms with Gasteiger partial charge >= 0.3 is 0 Å². The molecular weight excluding hydrogens is 150 g/mol. The Morgan fingerprint density at radius 1 is 1.50 bits per heavy atom. The van der Waals surface area contributed by atoms with Crippen molar-refractivity contribution in [1.82, 2.24) is 4.98 Å². The van der Waals surface area contributed by atoms with Crippen molar-refractivity contribution in [3.63, 3.8) is 0 Å². The third-order valence-electron chi connectivity index (χ3n) is 1.03. The van der Waals surface area contributed by atoms with Crippen molar-refractivity contribution in [3.8, 4) is 0 Å². The van der Waals surface area contributed by atoms with Crippen LogP contribution in [0, 0.1) is 0 Å². The smallest absolute Gasteiger partial charge is 0.128 e. The van der Waals surface area contributed by atoms with Crippen LogP contribution >= 0.6 is 12.4 Å². The van der Waals surface area contributed by atoms with Crippen LogP contribution in [0.5, 0.6) is 0 Å². The van der Waals surface area contributed by atoms with E-state index in [1.165, 1.54) is 0 Å². The fourth-order valence-electron chi connectivity index (χ4n) is 0.591. The Morgan fingerprint density at radius 2 is 2.20 bits per heavy atom. The number of rotatable bonds is 1. The molecule has 1 rings (SSSR count). The number of nitrogens with zero attached hydrogens (tertiary/aromatic N) is 1. The van der Waals surface area contributed by atoms with Crippen molar-refractivity contribution < 1.29 is 0 Å². The van der Waals surface area contributed by atoms with Crippen LogP contribution in [-0.4, -0.2) is 12.0 Å². The van der Waals surface area contributed by atoms with E-state index in [2.05, 4.69) is 10.3 Å². The van der Waals surface area contributed by atoms with Gasteiger partial charge in [0.15, 0.2) is 0 Å². The lowest BCUT2D eigenvalue weighted by Gasteiger charge is -1.96. The Hall–Kier alpha value is -0.960. The monoisotopic (exact) mass is 159 g/mol. The second-order valence-electron chi connectivity index (χ2n) is 1.70. The number of pyridine rings is 1. The largest absolute Gasteiger partial charge is 0.384 e. The van der Waals surface area contributed by atoms with Gasteiger partial charge in [0.2, 0.25) is 0 Å². The first-order valence-electron chi connectivity index (χ1n) is 2.73. The number of halogens is 1. The maximum atomic E-state index is 5.38. The zero-order valence-electron chi connectivity index (χ0n) is 5.66. The van der Waals surface area contributed by atoms with E-state index in [-0.39, 0.29) is 12.4 Å². The lowest BCUT2D eigenvalue weighted by molar-refractivity contribution is 1.29. The van der Waals surface area contributed by atoms with Gasteiger partial charge in [-0.25, -0.2) is 4.98 Å². The van der Waals surface area contributed by atoms with Crippen molar-refractivity contribution in [2.24, 2.45) is 0 Å². The van der Waals surface area contributed by atoms with E-state index in [9.17, 15) is 0 Å². The van der Waals surface area contributed by atoms with Crippen LogP contribution < -0.4 is 11.1 Å². The number of nitrogens with one attached hydrogen (secondary N) is 1. The van der Waals surface area contributed by atoms with Gasteiger partial charge in [0.1, 0.15) is 11.6 Å². The Morgan fingerprint density at radius 3 is 2.60 bits per heavy atom. The fraction of sp³-hybridized carbons (Fsp3) is 0.167. The molecule has 3 N–H and O–H groups in total. The number of nitrogens with two attached hydrogens (primary N) is 1. The Balaban J connectivity index is 0.000000810. The highest BCUT2D eigenvalue weighted by atomic mass is 35.5. The Kier molecular flexibility index (Phi) is 3.57. The molecule has 0 unspecified atom stereocenters. The summed E-state index contributed by atoms with van der Waals surface area (Å²) in [6.07, 6.45) is 0. The van der Waals surface area contributed by atoms with Gasteiger partial charge in [-0.15, -0.1) is 12.4 Å². The van der Waals surface area contributed by atoms with Crippen LogP contribution in [-0.2, 0) is 0 Å². The molecule has 0 radical (unpaired) electrons. The van der Waals surface area contributed by atoms with Gasteiger partial charge in [-0.2, -0.15) is 0 Å². The quantitative estimate of drug-likeness (QED) is 0.646. The summed E-state index contributed by atoms with van der Waals surface area (Å²) >= 11 is 0. The maximum absolute atomic E-state index is 5.38. The van der Waals surface area contributed by atoms with Crippen LogP contribution in [0.1, 0.15) is 0 Å². The molecule has 0 fully saturated rings. The third-order valence-corrected chi connectivity index (χ3v) is 1.03. The molecule has 0 aliphatic carbocycles. The predicted octanol–water partition coefficient (Wildman–Crippen LogP) is 1.13. The van der Waals surface area contributed by atoms with E-state index >= 15 is 0 Å². The van der Waals surface area contributed by atoms with Crippen LogP contribution in [0.2, 0.25) is 0 Å². The summed E-state index contributed by atoms with van der Waals surface area (Å²) in [5.74, 6) is 1.34. The molecule has 3 nitrogen and oxygen atoms in total. The molecule has 1 aromatic rings. The molecule has 56 valence electrons. The fourth-order valence-corrected chi connectivity index (χ4v) is 0.591. The number of anilines is 2. The van der Waals surface area contributed by atoms with Crippen molar-refractivity contribution in [2.75, 3.05) is 18.1 Å². The molecule has 0 spiro atoms. The summed E-state index contributed by atoms with van der Waals surface area (Å²) < 4.78 is 0. The lowest BCUT2D eigenvalue weighted by atomic mass is 10.4. The SMILES string of the molecule is CNc1cccc(N)n1.Cl. The lowest BCUT2D eigenvalue weighted by Crippen LogP contribution is -1.94. The minimum atomic E-state index is 0. The van der Waals surface area contributed by atoms with Gasteiger partial charge in [-0.1, -0.05) is 6.07 Å². The standard InChI is InChI=1S/C6H9N3.ClH/c1-8-6-4-2-3-5(7)9-6;/h2-4H,1H3,(H3,7,8,9);1H. The first kappa shape index (κ1) is 9.04. The molecule has 10 heavy (non-hydrogen) atoms. The van der Waals surface area contributed by atoms with Crippen LogP contribution in [0.15, 0.2) is 18.2 Å². The third kappa shape index (κ3) is 2.11. The normalized spacial score (nSPS) is 8.10. The van der Waals surface area contributed by atoms with Crippen molar-refractivity contribution in [1.29, 1.82) is 0 Å². The van der Waals surface area contributed by atoms with E-state index in [1.807, 2.05) is 19.2 Å². The zero-order valence-corrected chi connectivity index (χ0v) is 6.48. The number of aromatic nitrogens is 1. The summed E-state index contributed by atoms with van der Waals surface area (Å²) in [5.41, 5.74) is 5.38. The minimum Gasteiger partial charge on any atom is -0.384 e. The molecule has 0 saturated carbocycles. The minimum absolute atomic E-state index is 0. The first-order chi connectivity index (χ1) is 4.33. The van der Waals surface area contributed by atoms with E-state index in [4.69, 9.17) is 5.73 Å². The molecule has 0 aliphatic rings. The van der Waals surface area contributed by atoms with Crippen LogP contribution in [0.25, 0.3) is 0 Å². The maximum Gasteiger partial charge on any atom is 0.128 e. The van der Waals surface area contributed by atoms with E-state index < -0.39 is 0 Å². The summed E-state index contributed by atoms with van der Waals surface area (Å²) in [6.45, 7) is 0. The summed E-state index contributed by atoms with van der Waals surface area (Å²) in [4.78, 5) is 3.96. The zero-order chi connectivity index (χ0) is 6.69. The average molecular weight is 160 g/mol. The molecule has 4 heteroatoms. The topological polar surface area (TPSA) is 50.9 Å². The van der Waals surface area contributed by atoms with Gasteiger partial charge in [0, 0.05) is 7.05 Å². The molecule has 0 saturated heterocycles. The second-order valence-corrected chi connectivity index (χ2v) is 1.70. The molecule has 0 aliphatic heterocycles. The molecule has 0 aromatic carbocycles. The molecule has 0 atom stereocenters. The second kappa shape index (κ2) is 3.95. The molecule has 0 bridgehead atoms. The van der Waals surface area contributed by atoms with Gasteiger partial charge < -0.3 is 11.1 Å². The first-order valence-corrected chi connectivity index (χ1v) is 2.73. The molecular formula is C6H10ClN3. The predicted molar refractivity (Wildman–Crippen MR) is 45.4 cm³/mol. The van der Waals surface area contributed by atoms with Crippen molar-refractivity contribution >= 4 is 24.0 Å². The molecule has 1 heterocycles. The highest BCUT2D eigenvalue weighted by molar-refractivity contribution is 5.85. The number of hydrogen-bond acceptors (Lipinski definition) is 3. The van der Waals surface area contributed by atoms with Crippen molar-refractivity contribution in [3.05, 3.63) is 18.2 Å². The van der Waals surface area contributed by atoms with Gasteiger partial charge in [0.05, 0.1) is 0 Å². The number of nitrogen functional groups attached to an aromatic ring is 1. The van der Waals surface area contributed by atoms with Crippen molar-refractivity contribution in [2.45, 2.75) is 0 Å². The van der Waals surface area contributed by atoms with E-state index in [0.29, 0.717) is 5.82 Å². The highest BCUT2D eigenvalue weighted by Crippen LogP contribution is 2.03. The van der Waals surface area contributed by atoms with Gasteiger partial charge in [-0.3, -0.25) is 0 Å². The summed E-state index contributed by atoms with van der Waals surface area (Å²) in [6, 6.07) is 5.46. The van der Waals surface area contributed by atoms with E-state index in [0.717, 1.165) is 5.82 Å². The van der Waals surface area contributed by atoms with Crippen LogP contribution in [0.3, 0.4) is 0 Å². The number of hydrogen-bond donors (Lipinski definition) is 2. The summed E-state index contributed by atoms with van der Waals surface area (Å²) in [7, 11) is 1.81. The molecule has 1 aromatic heterocycles.